The number of pyridine rings is 2. The van der Waals surface area contributed by atoms with E-state index in [1.165, 1.54) is 0 Å². The summed E-state index contributed by atoms with van der Waals surface area (Å²) in [5.74, 6) is -1.02. The lowest BCUT2D eigenvalue weighted by atomic mass is 10.0. The van der Waals surface area contributed by atoms with Crippen LogP contribution >= 0.6 is 0 Å². The second-order valence-electron chi connectivity index (χ2n) is 5.36. The minimum atomic E-state index is -1.02. The molecule has 0 radical (unpaired) electrons. The van der Waals surface area contributed by atoms with E-state index < -0.39 is 12.0 Å². The molecule has 0 atom stereocenters. The molecule has 0 saturated carbocycles. The van der Waals surface area contributed by atoms with Crippen LogP contribution in [0.4, 0.5) is 4.79 Å². The summed E-state index contributed by atoms with van der Waals surface area (Å²) in [5, 5.41) is 9.50. The molecule has 0 aromatic carbocycles. The molecule has 2 aromatic rings. The van der Waals surface area contributed by atoms with Gasteiger partial charge in [0.2, 0.25) is 0 Å². The van der Waals surface area contributed by atoms with Gasteiger partial charge in [-0.2, -0.15) is 0 Å². The molecule has 2 amide bonds. The van der Waals surface area contributed by atoms with Gasteiger partial charge in [-0.25, -0.2) is 9.59 Å². The van der Waals surface area contributed by atoms with Gasteiger partial charge >= 0.3 is 12.0 Å². The van der Waals surface area contributed by atoms with Crippen LogP contribution in [0.2, 0.25) is 0 Å². The summed E-state index contributed by atoms with van der Waals surface area (Å²) in [6, 6.07) is 4.65. The Bertz CT molecular complexity index is 761. The van der Waals surface area contributed by atoms with E-state index in [0.29, 0.717) is 37.2 Å². The standard InChI is InChI=1S/C16H16N4O3/c17-16(23)20-7-3-11-9-12(15(21)22)14(19-13(11)4-8-20)10-1-5-18-6-2-10/h1-2,5-6,9H,3-4,7-8H2,(H2,17,23)(H,21,22). The molecule has 0 fully saturated rings. The normalized spacial score (nSPS) is 14.0. The molecule has 7 heteroatoms. The Labute approximate surface area is 132 Å². The Morgan fingerprint density at radius 2 is 1.87 bits per heavy atom. The second kappa shape index (κ2) is 6.04. The maximum atomic E-state index is 11.6. The number of amides is 2. The number of nitrogens with zero attached hydrogens (tertiary/aromatic N) is 3. The minimum Gasteiger partial charge on any atom is -0.478 e. The summed E-state index contributed by atoms with van der Waals surface area (Å²) in [4.78, 5) is 33.0. The smallest absolute Gasteiger partial charge is 0.337 e. The van der Waals surface area contributed by atoms with Gasteiger partial charge in [0.05, 0.1) is 11.3 Å². The molecule has 0 aliphatic carbocycles. The van der Waals surface area contributed by atoms with E-state index in [0.717, 1.165) is 11.3 Å². The van der Waals surface area contributed by atoms with Crippen molar-refractivity contribution in [1.29, 1.82) is 0 Å². The van der Waals surface area contributed by atoms with Crippen molar-refractivity contribution < 1.29 is 14.7 Å². The van der Waals surface area contributed by atoms with Gasteiger partial charge in [-0.15, -0.1) is 0 Å². The minimum absolute atomic E-state index is 0.155. The average Bonchev–Trinajstić information content (AvgIpc) is 2.76. The highest BCUT2D eigenvalue weighted by Gasteiger charge is 2.22. The number of hydrogen-bond donors (Lipinski definition) is 2. The molecule has 3 rings (SSSR count). The first kappa shape index (κ1) is 15.0. The van der Waals surface area contributed by atoms with Gasteiger partial charge in [0.25, 0.3) is 0 Å². The van der Waals surface area contributed by atoms with Crippen molar-refractivity contribution in [2.45, 2.75) is 12.8 Å². The highest BCUT2D eigenvalue weighted by atomic mass is 16.4. The maximum Gasteiger partial charge on any atom is 0.337 e. The predicted molar refractivity (Wildman–Crippen MR) is 83.0 cm³/mol. The van der Waals surface area contributed by atoms with Crippen molar-refractivity contribution in [3.8, 4) is 11.3 Å². The number of primary amides is 1. The number of aromatic carboxylic acids is 1. The van der Waals surface area contributed by atoms with Gasteiger partial charge in [-0.05, 0) is 30.2 Å². The highest BCUT2D eigenvalue weighted by molar-refractivity contribution is 5.95. The lowest BCUT2D eigenvalue weighted by Gasteiger charge is -2.16. The number of carbonyl (C=O) groups is 2. The van der Waals surface area contributed by atoms with E-state index >= 15 is 0 Å². The molecule has 0 saturated heterocycles. The fourth-order valence-corrected chi connectivity index (χ4v) is 2.75. The fourth-order valence-electron chi connectivity index (χ4n) is 2.75. The maximum absolute atomic E-state index is 11.6. The van der Waals surface area contributed by atoms with Gasteiger partial charge in [0, 0.05) is 43.2 Å². The number of aromatic nitrogens is 2. The molecule has 7 nitrogen and oxygen atoms in total. The van der Waals surface area contributed by atoms with Crippen LogP contribution in [0, 0.1) is 0 Å². The number of carbonyl (C=O) groups excluding carboxylic acids is 1. The molecule has 2 aromatic heterocycles. The van der Waals surface area contributed by atoms with E-state index in [2.05, 4.69) is 9.97 Å². The lowest BCUT2D eigenvalue weighted by molar-refractivity contribution is 0.0697. The van der Waals surface area contributed by atoms with Crippen LogP contribution in [-0.4, -0.2) is 45.1 Å². The molecule has 23 heavy (non-hydrogen) atoms. The van der Waals surface area contributed by atoms with Crippen molar-refractivity contribution in [1.82, 2.24) is 14.9 Å². The summed E-state index contributed by atoms with van der Waals surface area (Å²) >= 11 is 0. The molecule has 0 spiro atoms. The van der Waals surface area contributed by atoms with Crippen molar-refractivity contribution in [3.05, 3.63) is 47.4 Å². The number of urea groups is 1. The first-order valence-corrected chi connectivity index (χ1v) is 7.27. The van der Waals surface area contributed by atoms with E-state index in [-0.39, 0.29) is 5.56 Å². The summed E-state index contributed by atoms with van der Waals surface area (Å²) in [6.07, 6.45) is 4.30. The highest BCUT2D eigenvalue weighted by Crippen LogP contribution is 2.26. The first-order valence-electron chi connectivity index (χ1n) is 7.27. The van der Waals surface area contributed by atoms with Gasteiger partial charge in [-0.1, -0.05) is 0 Å². The number of nitrogens with two attached hydrogens (primary N) is 1. The zero-order valence-electron chi connectivity index (χ0n) is 12.4. The van der Waals surface area contributed by atoms with E-state index in [9.17, 15) is 14.7 Å². The monoisotopic (exact) mass is 312 g/mol. The Balaban J connectivity index is 2.06. The summed E-state index contributed by atoms with van der Waals surface area (Å²) in [5.41, 5.74) is 8.28. The van der Waals surface area contributed by atoms with Crippen molar-refractivity contribution in [3.63, 3.8) is 0 Å². The number of fused-ring (bicyclic) bond motifs is 1. The second-order valence-corrected chi connectivity index (χ2v) is 5.36. The summed E-state index contributed by atoms with van der Waals surface area (Å²) < 4.78 is 0. The van der Waals surface area contributed by atoms with Crippen molar-refractivity contribution in [2.24, 2.45) is 5.73 Å². The van der Waals surface area contributed by atoms with Gasteiger partial charge in [-0.3, -0.25) is 9.97 Å². The fraction of sp³-hybridized carbons (Fsp3) is 0.250. The third-order valence-electron chi connectivity index (χ3n) is 3.96. The third kappa shape index (κ3) is 2.98. The Kier molecular flexibility index (Phi) is 3.92. The van der Waals surface area contributed by atoms with E-state index in [1.54, 1.807) is 35.5 Å². The van der Waals surface area contributed by atoms with Crippen LogP contribution in [-0.2, 0) is 12.8 Å². The Hall–Kier alpha value is -2.96. The molecule has 3 heterocycles. The molecule has 0 unspecified atom stereocenters. The topological polar surface area (TPSA) is 109 Å². The van der Waals surface area contributed by atoms with Gasteiger partial charge < -0.3 is 15.7 Å². The number of hydrogen-bond acceptors (Lipinski definition) is 4. The third-order valence-corrected chi connectivity index (χ3v) is 3.96. The molecule has 0 bridgehead atoms. The lowest BCUT2D eigenvalue weighted by Crippen LogP contribution is -2.37. The zero-order valence-corrected chi connectivity index (χ0v) is 12.4. The molecular formula is C16H16N4O3. The van der Waals surface area contributed by atoms with Crippen LogP contribution in [0.5, 0.6) is 0 Å². The van der Waals surface area contributed by atoms with Crippen LogP contribution in [0.15, 0.2) is 30.6 Å². The Morgan fingerprint density at radius 1 is 1.17 bits per heavy atom. The Morgan fingerprint density at radius 3 is 2.52 bits per heavy atom. The summed E-state index contributed by atoms with van der Waals surface area (Å²) in [7, 11) is 0. The number of rotatable bonds is 2. The van der Waals surface area contributed by atoms with Crippen molar-refractivity contribution >= 4 is 12.0 Å². The molecule has 1 aliphatic rings. The average molecular weight is 312 g/mol. The quantitative estimate of drug-likeness (QED) is 0.869. The SMILES string of the molecule is NC(=O)N1CCc2cc(C(=O)O)c(-c3ccncc3)nc2CC1. The number of carboxylic acids is 1. The van der Waals surface area contributed by atoms with Gasteiger partial charge in [0.1, 0.15) is 0 Å². The molecule has 1 aliphatic heterocycles. The molecular weight excluding hydrogens is 296 g/mol. The van der Waals surface area contributed by atoms with Crippen LogP contribution in [0.1, 0.15) is 21.6 Å². The predicted octanol–water partition coefficient (Wildman–Crippen LogP) is 1.32. The molecule has 3 N–H and O–H groups in total. The summed E-state index contributed by atoms with van der Waals surface area (Å²) in [6.45, 7) is 0.954. The number of carboxylic acid groups (broad SMARTS) is 1. The van der Waals surface area contributed by atoms with Crippen LogP contribution in [0.25, 0.3) is 11.3 Å². The van der Waals surface area contributed by atoms with Crippen molar-refractivity contribution in [2.75, 3.05) is 13.1 Å². The van der Waals surface area contributed by atoms with Crippen LogP contribution < -0.4 is 5.73 Å². The zero-order chi connectivity index (χ0) is 16.4. The largest absolute Gasteiger partial charge is 0.478 e. The van der Waals surface area contributed by atoms with Crippen LogP contribution in [0.3, 0.4) is 0 Å². The van der Waals surface area contributed by atoms with E-state index in [4.69, 9.17) is 5.73 Å². The molecule has 118 valence electrons. The first-order chi connectivity index (χ1) is 11.1. The van der Waals surface area contributed by atoms with Gasteiger partial charge in [0.15, 0.2) is 0 Å². The van der Waals surface area contributed by atoms with E-state index in [1.807, 2.05) is 0 Å².